The van der Waals surface area contributed by atoms with Gasteiger partial charge in [-0.05, 0) is 76.2 Å². The van der Waals surface area contributed by atoms with E-state index in [1.807, 2.05) is 48.5 Å². The minimum Gasteiger partial charge on any atom is -0.499 e. The van der Waals surface area contributed by atoms with Crippen molar-refractivity contribution in [1.82, 2.24) is 14.5 Å². The van der Waals surface area contributed by atoms with E-state index in [4.69, 9.17) is 9.40 Å². The number of fused-ring (bicyclic) bond motifs is 8. The molecule has 0 aliphatic heterocycles. The van der Waals surface area contributed by atoms with E-state index >= 15 is 0 Å². The van der Waals surface area contributed by atoms with Gasteiger partial charge in [0.15, 0.2) is 0 Å². The molecule has 1 radical (unpaired) electrons. The zero-order chi connectivity index (χ0) is 40.0. The molecule has 7 aromatic carbocycles. The van der Waals surface area contributed by atoms with Crippen molar-refractivity contribution in [3.8, 4) is 39.5 Å². The van der Waals surface area contributed by atoms with Crippen LogP contribution in [0.3, 0.4) is 0 Å². The molecule has 4 heterocycles. The molecule has 0 unspecified atom stereocenters. The van der Waals surface area contributed by atoms with Crippen LogP contribution < -0.4 is 0 Å². The van der Waals surface area contributed by atoms with Crippen molar-refractivity contribution in [2.45, 2.75) is 39.5 Å². The van der Waals surface area contributed by atoms with Crippen molar-refractivity contribution in [2.75, 3.05) is 0 Å². The molecule has 0 aliphatic rings. The first-order valence-electron chi connectivity index (χ1n) is 20.2. The average molecular weight is 972 g/mol. The molecule has 0 fully saturated rings. The number of thiophene rings is 1. The summed E-state index contributed by atoms with van der Waals surface area (Å²) in [6.07, 6.45) is 1.79. The molecule has 0 saturated heterocycles. The van der Waals surface area contributed by atoms with Crippen LogP contribution in [0.1, 0.15) is 50.7 Å². The molecule has 4 aromatic heterocycles. The van der Waals surface area contributed by atoms with E-state index in [-0.39, 0.29) is 31.9 Å². The smallest absolute Gasteiger partial charge is 0.138 e. The molecule has 60 heavy (non-hydrogen) atoms. The third-order valence-electron chi connectivity index (χ3n) is 11.1. The first-order valence-corrected chi connectivity index (χ1v) is 21.0. The molecule has 0 atom stereocenters. The van der Waals surface area contributed by atoms with Gasteiger partial charge in [0.25, 0.3) is 0 Å². The summed E-state index contributed by atoms with van der Waals surface area (Å²) in [5, 5.41) is 4.70. The number of benzene rings is 7. The van der Waals surface area contributed by atoms with E-state index in [2.05, 4.69) is 159 Å². The van der Waals surface area contributed by atoms with Crippen LogP contribution in [0.15, 0.2) is 168 Å². The fourth-order valence-electron chi connectivity index (χ4n) is 8.26. The summed E-state index contributed by atoms with van der Waals surface area (Å²) in [5.41, 5.74) is 12.9. The van der Waals surface area contributed by atoms with E-state index < -0.39 is 0 Å². The molecule has 0 aliphatic carbocycles. The van der Waals surface area contributed by atoms with Crippen molar-refractivity contribution in [1.29, 1.82) is 0 Å². The second kappa shape index (κ2) is 16.5. The van der Waals surface area contributed by atoms with Crippen LogP contribution in [0.2, 0.25) is 0 Å². The van der Waals surface area contributed by atoms with Gasteiger partial charge in [-0.15, -0.1) is 65.4 Å². The van der Waals surface area contributed by atoms with Crippen molar-refractivity contribution >= 4 is 64.5 Å². The Balaban J connectivity index is 0.000000306. The van der Waals surface area contributed by atoms with E-state index in [1.54, 1.807) is 17.5 Å². The number of pyridine rings is 1. The van der Waals surface area contributed by atoms with Gasteiger partial charge < -0.3 is 14.0 Å². The van der Waals surface area contributed by atoms with E-state index in [0.717, 1.165) is 55.6 Å². The van der Waals surface area contributed by atoms with Gasteiger partial charge in [-0.1, -0.05) is 124 Å². The van der Waals surface area contributed by atoms with Crippen molar-refractivity contribution in [3.63, 3.8) is 0 Å². The molecule has 4 nitrogen and oxygen atoms in total. The fourth-order valence-corrected chi connectivity index (χ4v) is 9.45. The second-order valence-corrected chi connectivity index (χ2v) is 16.6. The number of hydrogen-bond donors (Lipinski definition) is 0. The van der Waals surface area contributed by atoms with Crippen LogP contribution in [-0.2, 0) is 20.1 Å². The van der Waals surface area contributed by atoms with E-state index in [0.29, 0.717) is 0 Å². The topological polar surface area (TPSA) is 43.9 Å². The molecule has 0 bridgehead atoms. The van der Waals surface area contributed by atoms with Crippen LogP contribution in [0.25, 0.3) is 92.6 Å². The Bertz CT molecular complexity index is 3210. The van der Waals surface area contributed by atoms with Crippen LogP contribution in [0, 0.1) is 12.1 Å². The normalized spacial score (nSPS) is 11.5. The Labute approximate surface area is 367 Å². The number of nitrogens with zero attached hydrogens (tertiary/aromatic N) is 3. The number of para-hydroxylation sites is 2. The molecule has 0 N–H and O–H groups in total. The van der Waals surface area contributed by atoms with Gasteiger partial charge in [-0.25, -0.2) is 0 Å². The first-order chi connectivity index (χ1) is 28.9. The quantitative estimate of drug-likeness (QED) is 0.156. The summed E-state index contributed by atoms with van der Waals surface area (Å²) in [4.78, 5) is 9.55. The predicted octanol–water partition coefficient (Wildman–Crippen LogP) is 15.2. The zero-order valence-corrected chi connectivity index (χ0v) is 36.9. The number of hydrogen-bond acceptors (Lipinski definition) is 4. The minimum absolute atomic E-state index is 0. The Morgan fingerprint density at radius 1 is 0.600 bits per heavy atom. The minimum atomic E-state index is 0. The molecule has 11 aromatic rings. The molecule has 6 heteroatoms. The second-order valence-electron chi connectivity index (χ2n) is 15.5. The Morgan fingerprint density at radius 2 is 1.30 bits per heavy atom. The molecule has 11 rings (SSSR count). The standard InChI is InChI=1S/C43H33N2OS.C11H8N.Ir/c1-25(2)34-23-28(27-13-6-5-7-14-27)24-35(26(3)4)39(34)45-37-19-10-9-18-36(37)44-43(45)33-17-12-16-30-31-21-22-32-29-15-8-11-20-38(29)47-42(32)41(31)46-40(30)33;1-2-6-10(7-3-1)11-8-4-5-9-12-11;/h5-16,18-26H,1-4H3;1-6,8-9H;/q2*-1;. The number of furan rings is 1. The van der Waals surface area contributed by atoms with Crippen molar-refractivity contribution < 1.29 is 24.5 Å². The molecular weight excluding hydrogens is 931 g/mol. The monoisotopic (exact) mass is 972 g/mol. The number of aromatic nitrogens is 3. The maximum Gasteiger partial charge on any atom is 0.138 e. The maximum atomic E-state index is 6.93. The molecule has 0 amide bonds. The van der Waals surface area contributed by atoms with Gasteiger partial charge in [0, 0.05) is 52.8 Å². The molecule has 0 saturated carbocycles. The van der Waals surface area contributed by atoms with Crippen LogP contribution in [-0.4, -0.2) is 14.5 Å². The average Bonchev–Trinajstić information content (AvgIpc) is 3.99. The predicted molar refractivity (Wildman–Crippen MR) is 248 cm³/mol. The van der Waals surface area contributed by atoms with Crippen LogP contribution in [0.4, 0.5) is 0 Å². The SMILES string of the molecule is CC(C)c1cc(-c2ccccc2)cc(C(C)C)c1-n1c(-c2[c-]ccc3c2oc2c3ccc3c4ccccc4sc32)nc2ccccc21.[Ir].[c-]1ccccc1-c1ccccn1. The molecule has 0 spiro atoms. The van der Waals surface area contributed by atoms with Gasteiger partial charge in [0.05, 0.1) is 27.1 Å². The summed E-state index contributed by atoms with van der Waals surface area (Å²) in [5.74, 6) is 1.42. The summed E-state index contributed by atoms with van der Waals surface area (Å²) in [7, 11) is 0. The van der Waals surface area contributed by atoms with E-state index in [9.17, 15) is 0 Å². The van der Waals surface area contributed by atoms with Gasteiger partial charge in [0.1, 0.15) is 5.58 Å². The Kier molecular flexibility index (Phi) is 10.8. The Hall–Kier alpha value is -6.17. The third-order valence-corrected chi connectivity index (χ3v) is 12.3. The largest absolute Gasteiger partial charge is 0.499 e. The third kappa shape index (κ3) is 6.95. The maximum absolute atomic E-state index is 6.93. The summed E-state index contributed by atoms with van der Waals surface area (Å²) >= 11 is 1.80. The summed E-state index contributed by atoms with van der Waals surface area (Å²) in [6.45, 7) is 9.16. The van der Waals surface area contributed by atoms with Gasteiger partial charge in [-0.3, -0.25) is 4.98 Å². The van der Waals surface area contributed by atoms with Crippen molar-refractivity contribution in [2.24, 2.45) is 0 Å². The van der Waals surface area contributed by atoms with Crippen molar-refractivity contribution in [3.05, 3.63) is 187 Å². The van der Waals surface area contributed by atoms with Gasteiger partial charge >= 0.3 is 0 Å². The fraction of sp³-hybridized carbons (Fsp3) is 0.111. The summed E-state index contributed by atoms with van der Waals surface area (Å²) in [6, 6.07) is 61.6. The van der Waals surface area contributed by atoms with E-state index in [1.165, 1.54) is 48.1 Å². The molecule has 295 valence electrons. The number of rotatable bonds is 6. The Morgan fingerprint density at radius 3 is 2.05 bits per heavy atom. The molecular formula is C54H41IrN3OS-2. The number of imidazole rings is 1. The van der Waals surface area contributed by atoms with Gasteiger partial charge in [-0.2, -0.15) is 0 Å². The van der Waals surface area contributed by atoms with Gasteiger partial charge in [0.2, 0.25) is 0 Å². The zero-order valence-electron chi connectivity index (χ0n) is 33.7. The van der Waals surface area contributed by atoms with Crippen LogP contribution in [0.5, 0.6) is 0 Å². The van der Waals surface area contributed by atoms with Crippen LogP contribution >= 0.6 is 11.3 Å². The first kappa shape index (κ1) is 39.3. The summed E-state index contributed by atoms with van der Waals surface area (Å²) < 4.78 is 11.8.